The van der Waals surface area contributed by atoms with Crippen LogP contribution in [0.15, 0.2) is 24.3 Å². The van der Waals surface area contributed by atoms with E-state index in [1.165, 1.54) is 0 Å². The van der Waals surface area contributed by atoms with E-state index in [-0.39, 0.29) is 29.9 Å². The highest BCUT2D eigenvalue weighted by Crippen LogP contribution is 2.26. The zero-order valence-corrected chi connectivity index (χ0v) is 24.7. The van der Waals surface area contributed by atoms with Crippen LogP contribution in [0, 0.1) is 17.8 Å². The Morgan fingerprint density at radius 1 is 1.12 bits per heavy atom. The summed E-state index contributed by atoms with van der Waals surface area (Å²) in [5.41, 5.74) is 0.972. The first kappa shape index (κ1) is 31.0. The van der Waals surface area contributed by atoms with Gasteiger partial charge in [-0.05, 0) is 63.4 Å². The second kappa shape index (κ2) is 13.8. The zero-order chi connectivity index (χ0) is 30.4. The number of nitrogens with zero attached hydrogens (tertiary/aromatic N) is 1. The number of fused-ring (bicyclic) bond motifs is 1. The smallest absolute Gasteiger partial charge is 0.310 e. The summed E-state index contributed by atoms with van der Waals surface area (Å²) in [5.74, 6) is -2.27. The lowest BCUT2D eigenvalue weighted by Crippen LogP contribution is -2.53. The second-order valence-electron chi connectivity index (χ2n) is 11.7. The minimum absolute atomic E-state index is 0.0455. The number of carbonyl (C=O) groups excluding carboxylic acids is 5. The molecule has 12 heteroatoms. The Bertz CT molecular complexity index is 1320. The number of H-pyrrole nitrogens is 1. The molecule has 2 aromatic rings. The number of ether oxygens (including phenoxy) is 2. The summed E-state index contributed by atoms with van der Waals surface area (Å²) in [6.45, 7) is 5.17. The van der Waals surface area contributed by atoms with Crippen LogP contribution in [0.2, 0.25) is 0 Å². The number of hydrogen-bond acceptors (Lipinski definition) is 8. The van der Waals surface area contributed by atoms with Gasteiger partial charge in [-0.2, -0.15) is 0 Å². The van der Waals surface area contributed by atoms with Crippen molar-refractivity contribution < 1.29 is 33.4 Å². The molecule has 4 N–H and O–H groups in total. The summed E-state index contributed by atoms with van der Waals surface area (Å²) >= 11 is 0. The standard InChI is InChI=1S/C30H41N5O7/c1-17(2)12-23(34-29(39)24-14-20-21(32-24)6-5-7-26(20)41-4)28(38)33-22(13-18-8-10-31-27(18)37)25(36)16-42-30(40)19-9-11-35(3)15-19/h5-7,14,17-19,22-23,32H,8-13,15-16H2,1-4H3,(H,31,37)(H,33,38)(H,34,39)/t18-,19+,22-,23-/m0/s1. The highest BCUT2D eigenvalue weighted by atomic mass is 16.5. The van der Waals surface area contributed by atoms with Gasteiger partial charge in [0.05, 0.1) is 19.1 Å². The van der Waals surface area contributed by atoms with Crippen molar-refractivity contribution in [2.24, 2.45) is 17.8 Å². The molecule has 3 amide bonds. The fraction of sp³-hybridized carbons (Fsp3) is 0.567. The second-order valence-corrected chi connectivity index (χ2v) is 11.7. The molecule has 0 bridgehead atoms. The van der Waals surface area contributed by atoms with E-state index >= 15 is 0 Å². The Morgan fingerprint density at radius 3 is 2.55 bits per heavy atom. The van der Waals surface area contributed by atoms with E-state index in [1.54, 1.807) is 25.3 Å². The van der Waals surface area contributed by atoms with Gasteiger partial charge in [-0.3, -0.25) is 24.0 Å². The molecule has 2 aliphatic heterocycles. The third-order valence-corrected chi connectivity index (χ3v) is 7.89. The molecular weight excluding hydrogens is 542 g/mol. The number of nitrogens with one attached hydrogen (secondary N) is 4. The van der Waals surface area contributed by atoms with E-state index in [0.29, 0.717) is 43.6 Å². The average Bonchev–Trinajstić information content (AvgIpc) is 3.70. The molecule has 228 valence electrons. The normalized spacial score (nSPS) is 20.3. The van der Waals surface area contributed by atoms with Gasteiger partial charge in [0.15, 0.2) is 12.4 Å². The highest BCUT2D eigenvalue weighted by Gasteiger charge is 2.35. The lowest BCUT2D eigenvalue weighted by atomic mass is 9.95. The maximum atomic E-state index is 13.5. The molecule has 0 aliphatic carbocycles. The van der Waals surface area contributed by atoms with Crippen LogP contribution in [0.4, 0.5) is 0 Å². The SMILES string of the molecule is COc1cccc2[nH]c(C(=O)N[C@@H](CC(C)C)C(=O)N[C@@H](C[C@@H]3CCNC3=O)C(=O)COC(=O)[C@@H]3CCN(C)C3)cc12. The van der Waals surface area contributed by atoms with Crippen LogP contribution in [-0.2, 0) is 23.9 Å². The molecule has 0 saturated carbocycles. The summed E-state index contributed by atoms with van der Waals surface area (Å²) in [6, 6.07) is 5.07. The van der Waals surface area contributed by atoms with Crippen molar-refractivity contribution >= 4 is 40.4 Å². The van der Waals surface area contributed by atoms with Crippen molar-refractivity contribution in [3.63, 3.8) is 0 Å². The Labute approximate surface area is 245 Å². The van der Waals surface area contributed by atoms with E-state index in [9.17, 15) is 24.0 Å². The number of ketones is 1. The van der Waals surface area contributed by atoms with Gasteiger partial charge in [0.1, 0.15) is 17.5 Å². The Morgan fingerprint density at radius 2 is 1.90 bits per heavy atom. The van der Waals surface area contributed by atoms with Crippen LogP contribution in [0.3, 0.4) is 0 Å². The molecule has 0 unspecified atom stereocenters. The largest absolute Gasteiger partial charge is 0.496 e. The molecule has 4 atom stereocenters. The summed E-state index contributed by atoms with van der Waals surface area (Å²) in [4.78, 5) is 69.9. The summed E-state index contributed by atoms with van der Waals surface area (Å²) < 4.78 is 10.7. The number of amides is 3. The molecule has 1 aromatic carbocycles. The monoisotopic (exact) mass is 583 g/mol. The number of carbonyl (C=O) groups is 5. The van der Waals surface area contributed by atoms with Gasteiger partial charge in [-0.1, -0.05) is 19.9 Å². The number of likely N-dealkylation sites (tertiary alicyclic amines) is 1. The fourth-order valence-corrected chi connectivity index (χ4v) is 5.55. The summed E-state index contributed by atoms with van der Waals surface area (Å²) in [5, 5.41) is 9.04. The predicted molar refractivity (Wildman–Crippen MR) is 155 cm³/mol. The van der Waals surface area contributed by atoms with Crippen LogP contribution in [0.5, 0.6) is 5.75 Å². The number of methoxy groups -OCH3 is 1. The van der Waals surface area contributed by atoms with Gasteiger partial charge in [0.2, 0.25) is 11.8 Å². The zero-order valence-electron chi connectivity index (χ0n) is 24.7. The maximum absolute atomic E-state index is 13.5. The first-order chi connectivity index (χ1) is 20.0. The summed E-state index contributed by atoms with van der Waals surface area (Å²) in [7, 11) is 3.46. The van der Waals surface area contributed by atoms with Crippen molar-refractivity contribution in [2.45, 2.75) is 51.6 Å². The summed E-state index contributed by atoms with van der Waals surface area (Å²) in [6.07, 6.45) is 1.58. The molecule has 0 spiro atoms. The number of Topliss-reactive ketones (excluding diaryl/α,β-unsaturated/α-hetero) is 1. The lowest BCUT2D eigenvalue weighted by Gasteiger charge is -2.25. The predicted octanol–water partition coefficient (Wildman–Crippen LogP) is 1.40. The van der Waals surface area contributed by atoms with Crippen LogP contribution >= 0.6 is 0 Å². The van der Waals surface area contributed by atoms with Crippen molar-refractivity contribution in [1.82, 2.24) is 25.8 Å². The van der Waals surface area contributed by atoms with Gasteiger partial charge in [0.25, 0.3) is 5.91 Å². The van der Waals surface area contributed by atoms with Crippen molar-refractivity contribution in [3.05, 3.63) is 30.0 Å². The average molecular weight is 584 g/mol. The third-order valence-electron chi connectivity index (χ3n) is 7.89. The van der Waals surface area contributed by atoms with Crippen molar-refractivity contribution in [2.75, 3.05) is 40.4 Å². The van der Waals surface area contributed by atoms with Crippen LogP contribution in [0.25, 0.3) is 10.9 Å². The minimum Gasteiger partial charge on any atom is -0.496 e. The highest BCUT2D eigenvalue weighted by molar-refractivity contribution is 6.02. The maximum Gasteiger partial charge on any atom is 0.310 e. The van der Waals surface area contributed by atoms with Crippen LogP contribution < -0.4 is 20.7 Å². The number of esters is 1. The molecule has 2 saturated heterocycles. The molecule has 3 heterocycles. The Balaban J connectivity index is 1.46. The molecular formula is C30H41N5O7. The van der Waals surface area contributed by atoms with E-state index in [0.717, 1.165) is 11.9 Å². The molecule has 0 radical (unpaired) electrons. The molecule has 2 aliphatic rings. The molecule has 2 fully saturated rings. The van der Waals surface area contributed by atoms with Crippen LogP contribution in [-0.4, -0.2) is 91.8 Å². The van der Waals surface area contributed by atoms with E-state index in [4.69, 9.17) is 9.47 Å². The molecule has 42 heavy (non-hydrogen) atoms. The minimum atomic E-state index is -1.06. The number of rotatable bonds is 13. The number of benzene rings is 1. The Kier molecular flexibility index (Phi) is 10.2. The number of aromatic amines is 1. The van der Waals surface area contributed by atoms with Gasteiger partial charge < -0.3 is 35.3 Å². The third kappa shape index (κ3) is 7.67. The molecule has 12 nitrogen and oxygen atoms in total. The topological polar surface area (TPSA) is 159 Å². The van der Waals surface area contributed by atoms with Crippen molar-refractivity contribution in [3.8, 4) is 5.75 Å². The lowest BCUT2D eigenvalue weighted by molar-refractivity contribution is -0.152. The van der Waals surface area contributed by atoms with E-state index in [2.05, 4.69) is 20.9 Å². The number of aromatic nitrogens is 1. The van der Waals surface area contributed by atoms with Gasteiger partial charge in [-0.25, -0.2) is 0 Å². The van der Waals surface area contributed by atoms with Gasteiger partial charge >= 0.3 is 5.97 Å². The quantitative estimate of drug-likeness (QED) is 0.258. The van der Waals surface area contributed by atoms with Gasteiger partial charge in [-0.15, -0.1) is 0 Å². The number of hydrogen-bond donors (Lipinski definition) is 4. The van der Waals surface area contributed by atoms with Crippen LogP contribution in [0.1, 0.15) is 50.0 Å². The fourth-order valence-electron chi connectivity index (χ4n) is 5.55. The first-order valence-corrected chi connectivity index (χ1v) is 14.5. The van der Waals surface area contributed by atoms with E-state index in [1.807, 2.05) is 31.9 Å². The Hall–Kier alpha value is -3.93. The van der Waals surface area contributed by atoms with E-state index < -0.39 is 48.2 Å². The molecule has 1 aromatic heterocycles. The van der Waals surface area contributed by atoms with Crippen molar-refractivity contribution in [1.29, 1.82) is 0 Å². The molecule has 4 rings (SSSR count). The van der Waals surface area contributed by atoms with Gasteiger partial charge in [0, 0.05) is 29.9 Å². The first-order valence-electron chi connectivity index (χ1n) is 14.5.